The van der Waals surface area contributed by atoms with Crippen LogP contribution in [0.25, 0.3) is 0 Å². The van der Waals surface area contributed by atoms with E-state index in [-0.39, 0.29) is 24.3 Å². The molecule has 0 unspecified atom stereocenters. The van der Waals surface area contributed by atoms with Crippen molar-refractivity contribution < 1.29 is 14.4 Å². The number of nitrogens with zero attached hydrogens (tertiary/aromatic N) is 3. The topological polar surface area (TPSA) is 73.0 Å². The maximum atomic E-state index is 12.6. The second kappa shape index (κ2) is 10.3. The van der Waals surface area contributed by atoms with Crippen molar-refractivity contribution in [3.8, 4) is 0 Å². The van der Waals surface area contributed by atoms with Crippen molar-refractivity contribution in [2.45, 2.75) is 19.4 Å². The number of carbonyl (C=O) groups is 3. The van der Waals surface area contributed by atoms with Gasteiger partial charge in [-0.2, -0.15) is 0 Å². The average molecular weight is 449 g/mol. The van der Waals surface area contributed by atoms with Crippen molar-refractivity contribution >= 4 is 17.7 Å². The van der Waals surface area contributed by atoms with Gasteiger partial charge < -0.3 is 15.1 Å². The molecule has 2 aliphatic heterocycles. The third-order valence-electron chi connectivity index (χ3n) is 6.56. The second-order valence-electron chi connectivity index (χ2n) is 9.24. The number of amides is 3. The standard InChI is InChI=1S/C26H32N4O3/c1-28(2)15-16-29-13-11-19(12-14-29)17-27-24(31)21-9-7-20(8-10-21)18-30-25(32)22-5-3-4-6-23(22)26(30)33/h3-10,19H,11-18H2,1-2H3,(H,27,31). The maximum Gasteiger partial charge on any atom is 0.261 e. The SMILES string of the molecule is CN(C)CCN1CCC(CNC(=O)c2ccc(CN3C(=O)c4ccccc4C3=O)cc2)CC1. The van der Waals surface area contributed by atoms with Gasteiger partial charge in [0.2, 0.25) is 0 Å². The smallest absolute Gasteiger partial charge is 0.261 e. The number of carbonyl (C=O) groups excluding carboxylic acids is 3. The Hall–Kier alpha value is -3.03. The van der Waals surface area contributed by atoms with Crippen LogP contribution in [0.3, 0.4) is 0 Å². The number of imide groups is 1. The van der Waals surface area contributed by atoms with E-state index >= 15 is 0 Å². The van der Waals surface area contributed by atoms with Crippen LogP contribution in [0, 0.1) is 5.92 Å². The summed E-state index contributed by atoms with van der Waals surface area (Å²) < 4.78 is 0. The molecule has 0 radical (unpaired) electrons. The molecule has 4 rings (SSSR count). The number of nitrogens with one attached hydrogen (secondary N) is 1. The summed E-state index contributed by atoms with van der Waals surface area (Å²) in [5.41, 5.74) is 2.29. The molecule has 2 aliphatic rings. The van der Waals surface area contributed by atoms with Gasteiger partial charge in [-0.3, -0.25) is 19.3 Å². The normalized spacial score (nSPS) is 17.0. The van der Waals surface area contributed by atoms with Gasteiger partial charge in [0.25, 0.3) is 17.7 Å². The summed E-state index contributed by atoms with van der Waals surface area (Å²) in [6, 6.07) is 14.0. The summed E-state index contributed by atoms with van der Waals surface area (Å²) in [5.74, 6) is -0.120. The van der Waals surface area contributed by atoms with Crippen LogP contribution in [0.2, 0.25) is 0 Å². The average Bonchev–Trinajstić information content (AvgIpc) is 3.07. The molecular weight excluding hydrogens is 416 g/mol. The minimum Gasteiger partial charge on any atom is -0.352 e. The van der Waals surface area contributed by atoms with Gasteiger partial charge in [-0.25, -0.2) is 0 Å². The van der Waals surface area contributed by atoms with Crippen molar-refractivity contribution in [3.05, 3.63) is 70.8 Å². The van der Waals surface area contributed by atoms with E-state index in [0.717, 1.165) is 44.6 Å². The Balaban J connectivity index is 1.25. The Morgan fingerprint density at radius 1 is 0.970 bits per heavy atom. The lowest BCUT2D eigenvalue weighted by Gasteiger charge is -2.32. The highest BCUT2D eigenvalue weighted by molar-refractivity contribution is 6.21. The molecule has 1 N–H and O–H groups in total. The van der Waals surface area contributed by atoms with E-state index in [1.165, 1.54) is 4.90 Å². The summed E-state index contributed by atoms with van der Waals surface area (Å²) in [5, 5.41) is 3.07. The van der Waals surface area contributed by atoms with Crippen LogP contribution >= 0.6 is 0 Å². The monoisotopic (exact) mass is 448 g/mol. The lowest BCUT2D eigenvalue weighted by molar-refractivity contribution is 0.0641. The summed E-state index contributed by atoms with van der Waals surface area (Å²) in [7, 11) is 4.19. The fourth-order valence-corrected chi connectivity index (χ4v) is 4.42. The van der Waals surface area contributed by atoms with Crippen LogP contribution in [0.1, 0.15) is 49.5 Å². The number of hydrogen-bond donors (Lipinski definition) is 1. The van der Waals surface area contributed by atoms with Gasteiger partial charge in [0, 0.05) is 25.2 Å². The molecule has 1 saturated heterocycles. The summed E-state index contributed by atoms with van der Waals surface area (Å²) in [6.45, 7) is 5.23. The summed E-state index contributed by atoms with van der Waals surface area (Å²) in [6.07, 6.45) is 2.21. The van der Waals surface area contributed by atoms with Crippen LogP contribution in [-0.2, 0) is 6.54 Å². The first kappa shape index (κ1) is 23.1. The third kappa shape index (κ3) is 5.49. The molecule has 0 saturated carbocycles. The molecule has 174 valence electrons. The lowest BCUT2D eigenvalue weighted by atomic mass is 9.96. The zero-order valence-corrected chi connectivity index (χ0v) is 19.4. The van der Waals surface area contributed by atoms with Crippen LogP contribution in [0.4, 0.5) is 0 Å². The van der Waals surface area contributed by atoms with Gasteiger partial charge in [-0.15, -0.1) is 0 Å². The zero-order chi connectivity index (χ0) is 23.4. The molecule has 2 aromatic carbocycles. The largest absolute Gasteiger partial charge is 0.352 e. The quantitative estimate of drug-likeness (QED) is 0.628. The van der Waals surface area contributed by atoms with Gasteiger partial charge in [-0.1, -0.05) is 24.3 Å². The van der Waals surface area contributed by atoms with E-state index in [1.54, 1.807) is 36.4 Å². The van der Waals surface area contributed by atoms with Gasteiger partial charge in [0.05, 0.1) is 17.7 Å². The molecule has 2 aromatic rings. The number of benzene rings is 2. The van der Waals surface area contributed by atoms with Crippen LogP contribution in [-0.4, -0.2) is 79.2 Å². The lowest BCUT2D eigenvalue weighted by Crippen LogP contribution is -2.41. The van der Waals surface area contributed by atoms with Crippen molar-refractivity contribution in [2.75, 3.05) is 46.8 Å². The Morgan fingerprint density at radius 2 is 1.58 bits per heavy atom. The number of fused-ring (bicyclic) bond motifs is 1. The summed E-state index contributed by atoms with van der Waals surface area (Å²) in [4.78, 5) is 43.6. The fourth-order valence-electron chi connectivity index (χ4n) is 4.42. The number of rotatable bonds is 8. The van der Waals surface area contributed by atoms with E-state index in [2.05, 4.69) is 29.2 Å². The number of likely N-dealkylation sites (tertiary alicyclic amines) is 1. The van der Waals surface area contributed by atoms with E-state index in [1.807, 2.05) is 12.1 Å². The second-order valence-corrected chi connectivity index (χ2v) is 9.24. The van der Waals surface area contributed by atoms with Gasteiger partial charge >= 0.3 is 0 Å². The molecule has 33 heavy (non-hydrogen) atoms. The highest BCUT2D eigenvalue weighted by Gasteiger charge is 2.34. The molecule has 1 fully saturated rings. The van der Waals surface area contributed by atoms with E-state index in [0.29, 0.717) is 29.2 Å². The Kier molecular flexibility index (Phi) is 7.20. The first-order valence-corrected chi connectivity index (χ1v) is 11.6. The molecule has 2 heterocycles. The molecule has 0 bridgehead atoms. The molecule has 3 amide bonds. The van der Waals surface area contributed by atoms with Crippen molar-refractivity contribution in [1.82, 2.24) is 20.0 Å². The van der Waals surface area contributed by atoms with Crippen LogP contribution in [0.5, 0.6) is 0 Å². The maximum absolute atomic E-state index is 12.6. The highest BCUT2D eigenvalue weighted by Crippen LogP contribution is 2.24. The van der Waals surface area contributed by atoms with Crippen molar-refractivity contribution in [2.24, 2.45) is 5.92 Å². The molecule has 7 heteroatoms. The number of piperidine rings is 1. The molecule has 0 aromatic heterocycles. The van der Waals surface area contributed by atoms with E-state index in [4.69, 9.17) is 0 Å². The summed E-state index contributed by atoms with van der Waals surface area (Å²) >= 11 is 0. The zero-order valence-electron chi connectivity index (χ0n) is 19.4. The van der Waals surface area contributed by atoms with E-state index in [9.17, 15) is 14.4 Å². The Morgan fingerprint density at radius 3 is 2.15 bits per heavy atom. The number of hydrogen-bond acceptors (Lipinski definition) is 5. The molecule has 0 atom stereocenters. The molecule has 7 nitrogen and oxygen atoms in total. The molecular formula is C26H32N4O3. The minimum absolute atomic E-state index is 0.0858. The first-order valence-electron chi connectivity index (χ1n) is 11.6. The van der Waals surface area contributed by atoms with Gasteiger partial charge in [0.15, 0.2) is 0 Å². The number of likely N-dealkylation sites (N-methyl/N-ethyl adjacent to an activating group) is 1. The minimum atomic E-state index is -0.273. The van der Waals surface area contributed by atoms with Gasteiger partial charge in [-0.05, 0) is 75.8 Å². The highest BCUT2D eigenvalue weighted by atomic mass is 16.2. The van der Waals surface area contributed by atoms with E-state index < -0.39 is 0 Å². The van der Waals surface area contributed by atoms with Crippen molar-refractivity contribution in [3.63, 3.8) is 0 Å². The fraction of sp³-hybridized carbons (Fsp3) is 0.423. The Bertz CT molecular complexity index is 975. The van der Waals surface area contributed by atoms with Gasteiger partial charge in [0.1, 0.15) is 0 Å². The molecule has 0 aliphatic carbocycles. The van der Waals surface area contributed by atoms with Crippen molar-refractivity contribution in [1.29, 1.82) is 0 Å². The first-order chi connectivity index (χ1) is 15.9. The predicted octanol–water partition coefficient (Wildman–Crippen LogP) is 2.49. The Labute approximate surface area is 195 Å². The van der Waals surface area contributed by atoms with Crippen LogP contribution in [0.15, 0.2) is 48.5 Å². The third-order valence-corrected chi connectivity index (χ3v) is 6.56. The molecule has 0 spiro atoms. The predicted molar refractivity (Wildman–Crippen MR) is 127 cm³/mol. The van der Waals surface area contributed by atoms with Crippen LogP contribution < -0.4 is 5.32 Å².